The molecule has 2 nitrogen and oxygen atoms in total. The Morgan fingerprint density at radius 3 is 2.58 bits per heavy atom. The molecule has 1 saturated carbocycles. The summed E-state index contributed by atoms with van der Waals surface area (Å²) in [4.78, 5) is 2.41. The van der Waals surface area contributed by atoms with Crippen molar-refractivity contribution in [3.8, 4) is 0 Å². The Morgan fingerprint density at radius 1 is 1.38 bits per heavy atom. The van der Waals surface area contributed by atoms with Crippen LogP contribution in [0.25, 0.3) is 5.57 Å². The van der Waals surface area contributed by atoms with Crippen molar-refractivity contribution in [2.45, 2.75) is 73.3 Å². The van der Waals surface area contributed by atoms with Gasteiger partial charge in [0.25, 0.3) is 0 Å². The first-order chi connectivity index (χ1) is 12.2. The fraction of sp³-hybridized carbons (Fsp3) is 0.583. The van der Waals surface area contributed by atoms with E-state index in [4.69, 9.17) is 0 Å². The van der Waals surface area contributed by atoms with Crippen molar-refractivity contribution in [1.82, 2.24) is 0 Å². The van der Waals surface area contributed by atoms with E-state index in [1.54, 1.807) is 0 Å². The summed E-state index contributed by atoms with van der Waals surface area (Å²) >= 11 is 0. The van der Waals surface area contributed by atoms with Crippen LogP contribution >= 0.6 is 0 Å². The van der Waals surface area contributed by atoms with Crippen molar-refractivity contribution in [2.24, 2.45) is 11.3 Å². The van der Waals surface area contributed by atoms with Gasteiger partial charge in [-0.25, -0.2) is 0 Å². The molecule has 26 heavy (non-hydrogen) atoms. The molecule has 0 saturated heterocycles. The summed E-state index contributed by atoms with van der Waals surface area (Å²) in [6.45, 7) is 17.9. The first-order valence-corrected chi connectivity index (χ1v) is 10.1. The summed E-state index contributed by atoms with van der Waals surface area (Å²) in [5.74, 6) is 0.591. The number of hydrogen-bond donors (Lipinski definition) is 1. The van der Waals surface area contributed by atoms with Crippen LogP contribution in [0.4, 0.5) is 11.4 Å². The Labute approximate surface area is 161 Å². The lowest BCUT2D eigenvalue weighted by atomic mass is 9.63. The summed E-state index contributed by atoms with van der Waals surface area (Å²) in [5.41, 5.74) is 6.69. The molecule has 144 valence electrons. The van der Waals surface area contributed by atoms with Crippen molar-refractivity contribution in [3.63, 3.8) is 0 Å². The molecule has 1 aromatic rings. The molecule has 1 N–H and O–H groups in total. The van der Waals surface area contributed by atoms with Crippen LogP contribution in [0.2, 0.25) is 0 Å². The number of allylic oxidation sites excluding steroid dienone is 3. The average molecular weight is 355 g/mol. The van der Waals surface area contributed by atoms with Crippen molar-refractivity contribution in [1.29, 1.82) is 0 Å². The Bertz CT molecular complexity index is 661. The highest BCUT2D eigenvalue weighted by atomic mass is 15.1. The van der Waals surface area contributed by atoms with E-state index in [1.165, 1.54) is 48.2 Å². The Morgan fingerprint density at radius 2 is 2.04 bits per heavy atom. The van der Waals surface area contributed by atoms with Gasteiger partial charge in [0.1, 0.15) is 0 Å². The van der Waals surface area contributed by atoms with Gasteiger partial charge in [0.05, 0.1) is 11.4 Å². The lowest BCUT2D eigenvalue weighted by Crippen LogP contribution is -2.34. The molecule has 1 aromatic carbocycles. The molecular formula is C24H38N2. The van der Waals surface area contributed by atoms with E-state index in [-0.39, 0.29) is 0 Å². The monoisotopic (exact) mass is 354 g/mol. The standard InChI is InChI=1S/C24H38N2/c1-9-11-18(4)26(8)23-14-20(17(3)10-2)12-13-22(23)25-19(5)21-15-24(6,7)16-21/h10,12-14,18,21,25H,5,9,11,15-16H2,1-4,6-8H3/b17-10+. The van der Waals surface area contributed by atoms with Gasteiger partial charge in [0, 0.05) is 18.8 Å². The van der Waals surface area contributed by atoms with Crippen LogP contribution in [0, 0.1) is 11.3 Å². The normalized spacial score (nSPS) is 18.2. The predicted molar refractivity (Wildman–Crippen MR) is 118 cm³/mol. The van der Waals surface area contributed by atoms with Crippen molar-refractivity contribution in [2.75, 3.05) is 17.3 Å². The van der Waals surface area contributed by atoms with Crippen LogP contribution < -0.4 is 10.2 Å². The predicted octanol–water partition coefficient (Wildman–Crippen LogP) is 7.10. The molecule has 0 heterocycles. The van der Waals surface area contributed by atoms with Gasteiger partial charge in [-0.2, -0.15) is 0 Å². The summed E-state index contributed by atoms with van der Waals surface area (Å²) in [5, 5.41) is 3.66. The SMILES string of the molecule is C=C(Nc1ccc(/C(C)=C/C)cc1N(C)C(C)CCC)C1CC(C)(C)C1. The van der Waals surface area contributed by atoms with E-state index in [0.717, 1.165) is 5.70 Å². The number of nitrogens with one attached hydrogen (secondary N) is 1. The van der Waals surface area contributed by atoms with Gasteiger partial charge in [-0.15, -0.1) is 0 Å². The largest absolute Gasteiger partial charge is 0.370 e. The number of hydrogen-bond acceptors (Lipinski definition) is 2. The minimum absolute atomic E-state index is 0.470. The van der Waals surface area contributed by atoms with Gasteiger partial charge in [-0.05, 0) is 74.6 Å². The number of rotatable bonds is 8. The molecule has 1 aliphatic carbocycles. The zero-order valence-corrected chi connectivity index (χ0v) is 17.9. The van der Waals surface area contributed by atoms with Crippen LogP contribution in [0.5, 0.6) is 0 Å². The average Bonchev–Trinajstić information content (AvgIpc) is 2.58. The maximum absolute atomic E-state index is 4.35. The lowest BCUT2D eigenvalue weighted by molar-refractivity contribution is 0.124. The molecule has 1 aliphatic rings. The van der Waals surface area contributed by atoms with E-state index >= 15 is 0 Å². The van der Waals surface area contributed by atoms with Gasteiger partial charge >= 0.3 is 0 Å². The number of nitrogens with zero attached hydrogens (tertiary/aromatic N) is 1. The van der Waals surface area contributed by atoms with Crippen LogP contribution in [-0.2, 0) is 0 Å². The third-order valence-electron chi connectivity index (χ3n) is 6.02. The lowest BCUT2D eigenvalue weighted by Gasteiger charge is -2.44. The van der Waals surface area contributed by atoms with Gasteiger partial charge in [-0.1, -0.05) is 45.9 Å². The minimum Gasteiger partial charge on any atom is -0.370 e. The van der Waals surface area contributed by atoms with E-state index in [2.05, 4.69) is 89.7 Å². The molecule has 2 rings (SSSR count). The van der Waals surface area contributed by atoms with Gasteiger partial charge in [0.15, 0.2) is 0 Å². The minimum atomic E-state index is 0.470. The number of benzene rings is 1. The highest BCUT2D eigenvalue weighted by molar-refractivity contribution is 5.78. The third kappa shape index (κ3) is 4.72. The molecular weight excluding hydrogens is 316 g/mol. The maximum atomic E-state index is 4.35. The molecule has 0 radical (unpaired) electrons. The first kappa shape index (κ1) is 20.6. The smallest absolute Gasteiger partial charge is 0.0620 e. The zero-order valence-electron chi connectivity index (χ0n) is 17.9. The molecule has 1 fully saturated rings. The molecule has 0 aliphatic heterocycles. The third-order valence-corrected chi connectivity index (χ3v) is 6.02. The zero-order chi connectivity index (χ0) is 19.5. The molecule has 0 bridgehead atoms. The van der Waals surface area contributed by atoms with Crippen LogP contribution in [0.1, 0.15) is 72.8 Å². The second-order valence-electron chi connectivity index (χ2n) is 8.87. The number of anilines is 2. The first-order valence-electron chi connectivity index (χ1n) is 10.1. The maximum Gasteiger partial charge on any atom is 0.0620 e. The molecule has 2 heteroatoms. The quantitative estimate of drug-likeness (QED) is 0.535. The van der Waals surface area contributed by atoms with Crippen molar-refractivity contribution < 1.29 is 0 Å². The fourth-order valence-electron chi connectivity index (χ4n) is 3.99. The Balaban J connectivity index is 2.27. The topological polar surface area (TPSA) is 15.3 Å². The summed E-state index contributed by atoms with van der Waals surface area (Å²) in [7, 11) is 2.21. The summed E-state index contributed by atoms with van der Waals surface area (Å²) in [6, 6.07) is 7.28. The molecule has 0 aromatic heterocycles. The van der Waals surface area contributed by atoms with Crippen molar-refractivity contribution >= 4 is 16.9 Å². The second kappa shape index (κ2) is 8.33. The van der Waals surface area contributed by atoms with Crippen molar-refractivity contribution in [3.05, 3.63) is 42.1 Å². The molecule has 1 unspecified atom stereocenters. The van der Waals surface area contributed by atoms with E-state index in [0.29, 0.717) is 17.4 Å². The van der Waals surface area contributed by atoms with Gasteiger partial charge in [0.2, 0.25) is 0 Å². The molecule has 1 atom stereocenters. The molecule has 0 amide bonds. The van der Waals surface area contributed by atoms with Gasteiger partial charge in [-0.3, -0.25) is 0 Å². The van der Waals surface area contributed by atoms with Crippen LogP contribution in [0.3, 0.4) is 0 Å². The summed E-state index contributed by atoms with van der Waals surface area (Å²) < 4.78 is 0. The Hall–Kier alpha value is -1.70. The second-order valence-corrected chi connectivity index (χ2v) is 8.87. The van der Waals surface area contributed by atoms with Crippen LogP contribution in [0.15, 0.2) is 36.6 Å². The van der Waals surface area contributed by atoms with E-state index in [1.807, 2.05) is 0 Å². The van der Waals surface area contributed by atoms with Crippen LogP contribution in [-0.4, -0.2) is 13.1 Å². The highest BCUT2D eigenvalue weighted by Gasteiger charge is 2.37. The van der Waals surface area contributed by atoms with E-state index in [9.17, 15) is 0 Å². The summed E-state index contributed by atoms with van der Waals surface area (Å²) in [6.07, 6.45) is 7.03. The molecule has 0 spiro atoms. The van der Waals surface area contributed by atoms with E-state index < -0.39 is 0 Å². The Kier molecular flexibility index (Phi) is 6.60. The van der Waals surface area contributed by atoms with Gasteiger partial charge < -0.3 is 10.2 Å². The highest BCUT2D eigenvalue weighted by Crippen LogP contribution is 2.48. The fourth-order valence-corrected chi connectivity index (χ4v) is 3.99.